The van der Waals surface area contributed by atoms with Gasteiger partial charge in [0.25, 0.3) is 5.56 Å². The first-order valence-corrected chi connectivity index (χ1v) is 7.08. The maximum atomic E-state index is 12.2. The van der Waals surface area contributed by atoms with Gasteiger partial charge in [0.1, 0.15) is 5.75 Å². The molecule has 0 saturated carbocycles. The number of hydrogen-bond donors (Lipinski definition) is 0. The smallest absolute Gasteiger partial charge is 0.251 e. The average Bonchev–Trinajstić information content (AvgIpc) is 2.51. The SMILES string of the molecule is COc1ccc(Cn2c3c(ccc2=O)C(=O)CCC3)cc1. The molecule has 4 nitrogen and oxygen atoms in total. The normalized spacial score (nSPS) is 13.9. The van der Waals surface area contributed by atoms with E-state index in [9.17, 15) is 9.59 Å². The second-order valence-corrected chi connectivity index (χ2v) is 5.24. The molecule has 1 aromatic heterocycles. The van der Waals surface area contributed by atoms with Gasteiger partial charge in [-0.3, -0.25) is 9.59 Å². The number of Topliss-reactive ketones (excluding diaryl/α,β-unsaturated/α-hetero) is 1. The number of ether oxygens (including phenoxy) is 1. The van der Waals surface area contributed by atoms with Crippen LogP contribution in [-0.4, -0.2) is 17.5 Å². The molecule has 0 aliphatic heterocycles. The number of fused-ring (bicyclic) bond motifs is 1. The van der Waals surface area contributed by atoms with Crippen LogP contribution in [0.25, 0.3) is 0 Å². The third-order valence-corrected chi connectivity index (χ3v) is 3.91. The van der Waals surface area contributed by atoms with Crippen molar-refractivity contribution in [1.82, 2.24) is 4.57 Å². The van der Waals surface area contributed by atoms with Crippen LogP contribution in [-0.2, 0) is 13.0 Å². The Bertz CT molecular complexity index is 729. The predicted octanol–water partition coefficient (Wildman–Crippen LogP) is 2.42. The summed E-state index contributed by atoms with van der Waals surface area (Å²) in [6.07, 6.45) is 2.18. The van der Waals surface area contributed by atoms with Crippen LogP contribution < -0.4 is 10.3 Å². The molecule has 2 aromatic rings. The molecular formula is C17H17NO3. The van der Waals surface area contributed by atoms with Crippen molar-refractivity contribution in [3.63, 3.8) is 0 Å². The van der Waals surface area contributed by atoms with Gasteiger partial charge in [-0.1, -0.05) is 12.1 Å². The zero-order valence-electron chi connectivity index (χ0n) is 12.0. The van der Waals surface area contributed by atoms with Gasteiger partial charge >= 0.3 is 0 Å². The van der Waals surface area contributed by atoms with Crippen LogP contribution in [0.4, 0.5) is 0 Å². The number of nitrogens with zero attached hydrogens (tertiary/aromatic N) is 1. The summed E-state index contributed by atoms with van der Waals surface area (Å²) in [5, 5.41) is 0. The van der Waals surface area contributed by atoms with Crippen LogP contribution in [0, 0.1) is 0 Å². The Morgan fingerprint density at radius 2 is 1.81 bits per heavy atom. The Balaban J connectivity index is 1.99. The topological polar surface area (TPSA) is 48.3 Å². The van der Waals surface area contributed by atoms with Crippen molar-refractivity contribution >= 4 is 5.78 Å². The Labute approximate surface area is 123 Å². The summed E-state index contributed by atoms with van der Waals surface area (Å²) in [4.78, 5) is 24.1. The summed E-state index contributed by atoms with van der Waals surface area (Å²) in [5.41, 5.74) is 2.53. The van der Waals surface area contributed by atoms with Gasteiger partial charge in [-0.15, -0.1) is 0 Å². The molecule has 0 radical (unpaired) electrons. The molecule has 1 aliphatic carbocycles. The van der Waals surface area contributed by atoms with Crippen LogP contribution in [0.5, 0.6) is 5.75 Å². The highest BCUT2D eigenvalue weighted by molar-refractivity contribution is 5.97. The van der Waals surface area contributed by atoms with Gasteiger partial charge < -0.3 is 9.30 Å². The maximum Gasteiger partial charge on any atom is 0.251 e. The van der Waals surface area contributed by atoms with Gasteiger partial charge in [0.05, 0.1) is 13.7 Å². The van der Waals surface area contributed by atoms with E-state index in [2.05, 4.69) is 0 Å². The molecule has 0 atom stereocenters. The summed E-state index contributed by atoms with van der Waals surface area (Å²) in [6.45, 7) is 0.485. The number of rotatable bonds is 3. The monoisotopic (exact) mass is 283 g/mol. The van der Waals surface area contributed by atoms with Gasteiger partial charge in [-0.2, -0.15) is 0 Å². The summed E-state index contributed by atoms with van der Waals surface area (Å²) in [5.74, 6) is 0.927. The lowest BCUT2D eigenvalue weighted by molar-refractivity contribution is 0.0970. The summed E-state index contributed by atoms with van der Waals surface area (Å²) >= 11 is 0. The van der Waals surface area contributed by atoms with E-state index in [4.69, 9.17) is 4.74 Å². The van der Waals surface area contributed by atoms with Crippen LogP contribution in [0.3, 0.4) is 0 Å². The van der Waals surface area contributed by atoms with E-state index < -0.39 is 0 Å². The van der Waals surface area contributed by atoms with Crippen molar-refractivity contribution in [3.8, 4) is 5.75 Å². The minimum atomic E-state index is -0.0562. The molecule has 108 valence electrons. The first-order chi connectivity index (χ1) is 10.2. The molecule has 0 amide bonds. The van der Waals surface area contributed by atoms with Gasteiger partial charge in [0, 0.05) is 23.7 Å². The fourth-order valence-corrected chi connectivity index (χ4v) is 2.78. The molecule has 1 aliphatic rings. The highest BCUT2D eigenvalue weighted by Crippen LogP contribution is 2.21. The van der Waals surface area contributed by atoms with E-state index in [1.807, 2.05) is 24.3 Å². The first kappa shape index (κ1) is 13.6. The summed E-state index contributed by atoms with van der Waals surface area (Å²) in [7, 11) is 1.62. The van der Waals surface area contributed by atoms with E-state index in [1.54, 1.807) is 17.7 Å². The van der Waals surface area contributed by atoms with E-state index >= 15 is 0 Å². The highest BCUT2D eigenvalue weighted by atomic mass is 16.5. The van der Waals surface area contributed by atoms with Crippen LogP contribution in [0.15, 0.2) is 41.2 Å². The minimum absolute atomic E-state index is 0.0562. The molecule has 1 aromatic carbocycles. The quantitative estimate of drug-likeness (QED) is 0.869. The molecule has 0 N–H and O–H groups in total. The van der Waals surface area contributed by atoms with Crippen molar-refractivity contribution in [2.45, 2.75) is 25.8 Å². The second kappa shape index (κ2) is 5.56. The Kier molecular flexibility index (Phi) is 3.60. The second-order valence-electron chi connectivity index (χ2n) is 5.24. The number of carbonyl (C=O) groups excluding carboxylic acids is 1. The number of methoxy groups -OCH3 is 1. The fourth-order valence-electron chi connectivity index (χ4n) is 2.78. The molecule has 0 spiro atoms. The van der Waals surface area contributed by atoms with E-state index in [1.165, 1.54) is 6.07 Å². The van der Waals surface area contributed by atoms with Crippen molar-refractivity contribution in [2.75, 3.05) is 7.11 Å². The lowest BCUT2D eigenvalue weighted by Crippen LogP contribution is -2.28. The van der Waals surface area contributed by atoms with E-state index in [0.29, 0.717) is 18.5 Å². The van der Waals surface area contributed by atoms with Crippen LogP contribution in [0.2, 0.25) is 0 Å². The van der Waals surface area contributed by atoms with Crippen LogP contribution in [0.1, 0.15) is 34.5 Å². The van der Waals surface area contributed by atoms with E-state index in [0.717, 1.165) is 29.8 Å². The standard InChI is InChI=1S/C17H17NO3/c1-21-13-7-5-12(6-8-13)11-18-15-3-2-4-16(19)14(15)9-10-17(18)20/h5-10H,2-4,11H2,1H3. The Morgan fingerprint density at radius 1 is 1.05 bits per heavy atom. The maximum absolute atomic E-state index is 12.2. The summed E-state index contributed by atoms with van der Waals surface area (Å²) < 4.78 is 6.85. The van der Waals surface area contributed by atoms with Gasteiger partial charge in [-0.05, 0) is 36.6 Å². The number of benzene rings is 1. The molecule has 0 unspecified atom stereocenters. The number of pyridine rings is 1. The van der Waals surface area contributed by atoms with Gasteiger partial charge in [0.2, 0.25) is 0 Å². The molecular weight excluding hydrogens is 266 g/mol. The number of hydrogen-bond acceptors (Lipinski definition) is 3. The van der Waals surface area contributed by atoms with Crippen molar-refractivity contribution in [3.05, 3.63) is 63.6 Å². The zero-order valence-corrected chi connectivity index (χ0v) is 12.0. The molecule has 0 fully saturated rings. The van der Waals surface area contributed by atoms with Gasteiger partial charge in [-0.25, -0.2) is 0 Å². The molecule has 0 saturated heterocycles. The fraction of sp³-hybridized carbons (Fsp3) is 0.294. The van der Waals surface area contributed by atoms with Crippen molar-refractivity contribution in [2.24, 2.45) is 0 Å². The van der Waals surface area contributed by atoms with E-state index in [-0.39, 0.29) is 11.3 Å². The number of carbonyl (C=O) groups is 1. The Morgan fingerprint density at radius 3 is 2.52 bits per heavy atom. The first-order valence-electron chi connectivity index (χ1n) is 7.08. The molecule has 1 heterocycles. The lowest BCUT2D eigenvalue weighted by Gasteiger charge is -2.20. The minimum Gasteiger partial charge on any atom is -0.497 e. The molecule has 21 heavy (non-hydrogen) atoms. The third kappa shape index (κ3) is 2.61. The average molecular weight is 283 g/mol. The summed E-state index contributed by atoms with van der Waals surface area (Å²) in [6, 6.07) is 10.8. The molecule has 0 bridgehead atoms. The largest absolute Gasteiger partial charge is 0.497 e. The third-order valence-electron chi connectivity index (χ3n) is 3.91. The highest BCUT2D eigenvalue weighted by Gasteiger charge is 2.20. The predicted molar refractivity (Wildman–Crippen MR) is 80.1 cm³/mol. The van der Waals surface area contributed by atoms with Crippen molar-refractivity contribution in [1.29, 1.82) is 0 Å². The lowest BCUT2D eigenvalue weighted by atomic mass is 9.94. The van der Waals surface area contributed by atoms with Gasteiger partial charge in [0.15, 0.2) is 5.78 Å². The molecule has 4 heteroatoms. The zero-order chi connectivity index (χ0) is 14.8. The van der Waals surface area contributed by atoms with Crippen LogP contribution >= 0.6 is 0 Å². The van der Waals surface area contributed by atoms with Crippen molar-refractivity contribution < 1.29 is 9.53 Å². The molecule has 3 rings (SSSR count). The number of aromatic nitrogens is 1. The number of ketones is 1. The Hall–Kier alpha value is -2.36.